The fourth-order valence-corrected chi connectivity index (χ4v) is 3.65. The minimum atomic E-state index is -0.563. The van der Waals surface area contributed by atoms with Crippen LogP contribution in [0.4, 0.5) is 4.39 Å². The van der Waals surface area contributed by atoms with Gasteiger partial charge in [-0.05, 0) is 35.7 Å². The van der Waals surface area contributed by atoms with E-state index in [0.717, 1.165) is 4.88 Å². The number of benzene rings is 1. The van der Waals surface area contributed by atoms with Gasteiger partial charge in [0.25, 0.3) is 5.82 Å². The second-order valence-electron chi connectivity index (χ2n) is 6.41. The lowest BCUT2D eigenvalue weighted by molar-refractivity contribution is -0.0474. The van der Waals surface area contributed by atoms with E-state index in [0.29, 0.717) is 31.1 Å². The van der Waals surface area contributed by atoms with Gasteiger partial charge in [0.05, 0.1) is 23.8 Å². The third-order valence-electron chi connectivity index (χ3n) is 4.42. The van der Waals surface area contributed by atoms with Crippen molar-refractivity contribution in [2.24, 2.45) is 5.92 Å². The molecule has 140 valence electrons. The summed E-state index contributed by atoms with van der Waals surface area (Å²) in [5, 5.41) is 6.26. The van der Waals surface area contributed by atoms with E-state index in [4.69, 9.17) is 9.47 Å². The van der Waals surface area contributed by atoms with Gasteiger partial charge in [-0.25, -0.2) is 13.9 Å². The van der Waals surface area contributed by atoms with Gasteiger partial charge in [0.2, 0.25) is 0 Å². The summed E-state index contributed by atoms with van der Waals surface area (Å²) in [4.78, 5) is 17.9. The summed E-state index contributed by atoms with van der Waals surface area (Å²) in [6.07, 6.45) is 0.442. The van der Waals surface area contributed by atoms with E-state index in [2.05, 4.69) is 10.1 Å². The van der Waals surface area contributed by atoms with Gasteiger partial charge in [0, 0.05) is 12.3 Å². The molecule has 0 amide bonds. The number of rotatable bonds is 4. The third-order valence-corrected chi connectivity index (χ3v) is 5.29. The molecule has 1 aliphatic rings. The molecule has 0 spiro atoms. The van der Waals surface area contributed by atoms with E-state index < -0.39 is 5.97 Å². The van der Waals surface area contributed by atoms with Crippen molar-refractivity contribution in [2.75, 3.05) is 13.2 Å². The minimum absolute atomic E-state index is 0.0126. The molecule has 8 heteroatoms. The summed E-state index contributed by atoms with van der Waals surface area (Å²) in [5.74, 6) is -0.277. The van der Waals surface area contributed by atoms with E-state index in [1.54, 1.807) is 12.1 Å². The average Bonchev–Trinajstić information content (AvgIpc) is 3.33. The maximum Gasteiger partial charge on any atom is 0.378 e. The van der Waals surface area contributed by atoms with Gasteiger partial charge in [0.15, 0.2) is 5.82 Å². The van der Waals surface area contributed by atoms with Crippen molar-refractivity contribution >= 4 is 17.3 Å². The van der Waals surface area contributed by atoms with Crippen molar-refractivity contribution in [3.8, 4) is 16.4 Å². The van der Waals surface area contributed by atoms with Crippen molar-refractivity contribution in [3.63, 3.8) is 0 Å². The SMILES string of the molecule is CC1COCCC1OC(=O)c1nc(-c2cccs2)n(-c2ccc(F)cc2)n1. The van der Waals surface area contributed by atoms with Crippen LogP contribution in [0.5, 0.6) is 0 Å². The molecule has 3 heterocycles. The Labute approximate surface area is 159 Å². The first kappa shape index (κ1) is 17.8. The van der Waals surface area contributed by atoms with Gasteiger partial charge in [0.1, 0.15) is 11.9 Å². The predicted molar refractivity (Wildman–Crippen MR) is 98.4 cm³/mol. The van der Waals surface area contributed by atoms with Gasteiger partial charge in [-0.1, -0.05) is 13.0 Å². The van der Waals surface area contributed by atoms with Crippen LogP contribution in [-0.2, 0) is 9.47 Å². The molecule has 1 aliphatic heterocycles. The summed E-state index contributed by atoms with van der Waals surface area (Å²) in [5.41, 5.74) is 0.616. The first-order valence-electron chi connectivity index (χ1n) is 8.67. The summed E-state index contributed by atoms with van der Waals surface area (Å²) in [7, 11) is 0. The van der Waals surface area contributed by atoms with Crippen molar-refractivity contribution < 1.29 is 18.7 Å². The van der Waals surface area contributed by atoms with Crippen LogP contribution in [0.2, 0.25) is 0 Å². The maximum atomic E-state index is 13.3. The Morgan fingerprint density at radius 2 is 2.15 bits per heavy atom. The molecule has 2 unspecified atom stereocenters. The van der Waals surface area contributed by atoms with Crippen molar-refractivity contribution in [2.45, 2.75) is 19.4 Å². The Balaban J connectivity index is 1.66. The van der Waals surface area contributed by atoms with E-state index in [-0.39, 0.29) is 23.7 Å². The van der Waals surface area contributed by atoms with Crippen molar-refractivity contribution in [1.82, 2.24) is 14.8 Å². The fraction of sp³-hybridized carbons (Fsp3) is 0.316. The van der Waals surface area contributed by atoms with E-state index in [1.807, 2.05) is 24.4 Å². The number of ether oxygens (including phenoxy) is 2. The van der Waals surface area contributed by atoms with Crippen LogP contribution in [-0.4, -0.2) is 40.1 Å². The van der Waals surface area contributed by atoms with Crippen LogP contribution in [0.3, 0.4) is 0 Å². The van der Waals surface area contributed by atoms with Crippen LogP contribution in [0.25, 0.3) is 16.4 Å². The van der Waals surface area contributed by atoms with Gasteiger partial charge in [-0.2, -0.15) is 4.98 Å². The lowest BCUT2D eigenvalue weighted by Crippen LogP contribution is -2.34. The number of halogens is 1. The molecule has 1 saturated heterocycles. The lowest BCUT2D eigenvalue weighted by atomic mass is 10.0. The summed E-state index contributed by atoms with van der Waals surface area (Å²) in [6.45, 7) is 3.12. The predicted octanol–water partition coefficient (Wildman–Crippen LogP) is 3.72. The average molecular weight is 387 g/mol. The zero-order chi connectivity index (χ0) is 18.8. The molecule has 2 atom stereocenters. The Morgan fingerprint density at radius 3 is 2.85 bits per heavy atom. The molecule has 3 aromatic rings. The van der Waals surface area contributed by atoms with Crippen LogP contribution >= 0.6 is 11.3 Å². The number of carbonyl (C=O) groups excluding carboxylic acids is 1. The van der Waals surface area contributed by atoms with E-state index in [1.165, 1.54) is 28.2 Å². The van der Waals surface area contributed by atoms with Gasteiger partial charge in [-0.3, -0.25) is 0 Å². The first-order chi connectivity index (χ1) is 13.1. The van der Waals surface area contributed by atoms with E-state index >= 15 is 0 Å². The maximum absolute atomic E-state index is 13.3. The Hall–Kier alpha value is -2.58. The highest BCUT2D eigenvalue weighted by Crippen LogP contribution is 2.26. The molecule has 27 heavy (non-hydrogen) atoms. The Morgan fingerprint density at radius 1 is 1.33 bits per heavy atom. The molecule has 2 aromatic heterocycles. The van der Waals surface area contributed by atoms with E-state index in [9.17, 15) is 9.18 Å². The molecule has 0 N–H and O–H groups in total. The quantitative estimate of drug-likeness (QED) is 0.639. The highest BCUT2D eigenvalue weighted by molar-refractivity contribution is 7.13. The number of carbonyl (C=O) groups is 1. The zero-order valence-corrected chi connectivity index (χ0v) is 15.5. The molecule has 4 rings (SSSR count). The number of nitrogens with zero attached hydrogens (tertiary/aromatic N) is 3. The van der Waals surface area contributed by atoms with Crippen LogP contribution in [0.15, 0.2) is 41.8 Å². The standard InChI is InChI=1S/C19H18FN3O3S/c1-12-11-25-9-8-15(12)26-19(24)17-21-18(16-3-2-10-27-16)23(22-17)14-6-4-13(20)5-7-14/h2-7,10,12,15H,8-9,11H2,1H3. The van der Waals surface area contributed by atoms with Gasteiger partial charge >= 0.3 is 5.97 Å². The lowest BCUT2D eigenvalue weighted by Gasteiger charge is -2.27. The molecule has 0 aliphatic carbocycles. The number of aromatic nitrogens is 3. The molecular weight excluding hydrogens is 369 g/mol. The summed E-state index contributed by atoms with van der Waals surface area (Å²) < 4.78 is 25.8. The van der Waals surface area contributed by atoms with Gasteiger partial charge < -0.3 is 9.47 Å². The Kier molecular flexibility index (Phi) is 5.00. The van der Waals surface area contributed by atoms with Crippen molar-refractivity contribution in [1.29, 1.82) is 0 Å². The molecule has 0 bridgehead atoms. The molecule has 1 aromatic carbocycles. The number of esters is 1. The molecular formula is C19H18FN3O3S. The zero-order valence-electron chi connectivity index (χ0n) is 14.7. The van der Waals surface area contributed by atoms with Crippen LogP contribution in [0, 0.1) is 11.7 Å². The molecule has 0 radical (unpaired) electrons. The highest BCUT2D eigenvalue weighted by atomic mass is 32.1. The smallest absolute Gasteiger partial charge is 0.378 e. The second kappa shape index (κ2) is 7.58. The number of hydrogen-bond donors (Lipinski definition) is 0. The number of thiophene rings is 1. The highest BCUT2D eigenvalue weighted by Gasteiger charge is 2.28. The summed E-state index contributed by atoms with van der Waals surface area (Å²) in [6, 6.07) is 9.66. The fourth-order valence-electron chi connectivity index (χ4n) is 2.95. The topological polar surface area (TPSA) is 66.2 Å². The molecule has 1 fully saturated rings. The largest absolute Gasteiger partial charge is 0.456 e. The molecule has 0 saturated carbocycles. The Bertz CT molecular complexity index is 924. The van der Waals surface area contributed by atoms with Gasteiger partial charge in [-0.15, -0.1) is 16.4 Å². The molecule has 6 nitrogen and oxygen atoms in total. The van der Waals surface area contributed by atoms with Crippen molar-refractivity contribution in [3.05, 3.63) is 53.4 Å². The third kappa shape index (κ3) is 3.77. The monoisotopic (exact) mass is 387 g/mol. The second-order valence-corrected chi connectivity index (χ2v) is 7.36. The minimum Gasteiger partial charge on any atom is -0.456 e. The summed E-state index contributed by atoms with van der Waals surface area (Å²) >= 11 is 1.48. The normalized spacial score (nSPS) is 19.8. The van der Waals surface area contributed by atoms with Crippen LogP contribution in [0.1, 0.15) is 24.0 Å². The number of hydrogen-bond acceptors (Lipinski definition) is 6. The van der Waals surface area contributed by atoms with Crippen LogP contribution < -0.4 is 0 Å². The first-order valence-corrected chi connectivity index (χ1v) is 9.55.